The summed E-state index contributed by atoms with van der Waals surface area (Å²) < 4.78 is 2.23. The van der Waals surface area contributed by atoms with Gasteiger partial charge in [0.15, 0.2) is 0 Å². The highest BCUT2D eigenvalue weighted by Crippen LogP contribution is 2.31. The van der Waals surface area contributed by atoms with Crippen LogP contribution in [0.4, 0.5) is 0 Å². The molecule has 0 saturated heterocycles. The summed E-state index contributed by atoms with van der Waals surface area (Å²) in [6.45, 7) is 0.696. The number of nitrogens with zero attached hydrogens (tertiary/aromatic N) is 2. The average molecular weight is 165 g/mol. The van der Waals surface area contributed by atoms with Crippen molar-refractivity contribution in [1.82, 2.24) is 9.55 Å². The zero-order chi connectivity index (χ0) is 8.39. The fraction of sp³-hybridized carbons (Fsp3) is 0.667. The van der Waals surface area contributed by atoms with Crippen molar-refractivity contribution in [3.05, 3.63) is 18.2 Å². The van der Waals surface area contributed by atoms with Crippen LogP contribution >= 0.6 is 0 Å². The van der Waals surface area contributed by atoms with Gasteiger partial charge in [0.05, 0.1) is 12.0 Å². The molecule has 1 aliphatic rings. The topological polar surface area (TPSA) is 43.8 Å². The minimum atomic E-state index is 0.696. The number of nitrogens with two attached hydrogens (primary N) is 1. The second-order valence-electron chi connectivity index (χ2n) is 3.44. The van der Waals surface area contributed by atoms with Crippen LogP contribution in [0.3, 0.4) is 0 Å². The van der Waals surface area contributed by atoms with Gasteiger partial charge in [0.1, 0.15) is 0 Å². The zero-order valence-electron chi connectivity index (χ0n) is 7.24. The third kappa shape index (κ3) is 1.37. The van der Waals surface area contributed by atoms with E-state index in [1.165, 1.54) is 19.3 Å². The first-order chi connectivity index (χ1) is 5.90. The summed E-state index contributed by atoms with van der Waals surface area (Å²) in [6.07, 6.45) is 8.98. The molecule has 1 aromatic heterocycles. The molecule has 0 radical (unpaired) electrons. The standard InChI is InChI=1S/C9H15N3/c10-5-4-8-6-12(7-11-8)9-2-1-3-9/h6-7,9H,1-5,10H2. The predicted octanol–water partition coefficient (Wildman–Crippen LogP) is 1.11. The van der Waals surface area contributed by atoms with Gasteiger partial charge in [0.2, 0.25) is 0 Å². The molecule has 0 unspecified atom stereocenters. The highest BCUT2D eigenvalue weighted by Gasteiger charge is 2.18. The molecule has 1 saturated carbocycles. The summed E-state index contributed by atoms with van der Waals surface area (Å²) in [4.78, 5) is 4.29. The Labute approximate surface area is 72.6 Å². The predicted molar refractivity (Wildman–Crippen MR) is 47.9 cm³/mol. The molecule has 3 nitrogen and oxygen atoms in total. The highest BCUT2D eigenvalue weighted by atomic mass is 15.1. The first-order valence-corrected chi connectivity index (χ1v) is 4.62. The lowest BCUT2D eigenvalue weighted by Gasteiger charge is -2.26. The Morgan fingerprint density at radius 2 is 2.42 bits per heavy atom. The molecule has 0 atom stereocenters. The first-order valence-electron chi connectivity index (χ1n) is 4.62. The van der Waals surface area contributed by atoms with Crippen molar-refractivity contribution < 1.29 is 0 Å². The molecule has 1 aromatic rings. The third-order valence-corrected chi connectivity index (χ3v) is 2.55. The Morgan fingerprint density at radius 3 is 3.00 bits per heavy atom. The maximum atomic E-state index is 5.44. The largest absolute Gasteiger partial charge is 0.334 e. The lowest BCUT2D eigenvalue weighted by atomic mass is 9.93. The van der Waals surface area contributed by atoms with Gasteiger partial charge in [-0.15, -0.1) is 0 Å². The number of aromatic nitrogens is 2. The van der Waals surface area contributed by atoms with Gasteiger partial charge in [-0.3, -0.25) is 0 Å². The van der Waals surface area contributed by atoms with E-state index in [1.807, 2.05) is 6.33 Å². The van der Waals surface area contributed by atoms with Gasteiger partial charge in [0, 0.05) is 18.7 Å². The smallest absolute Gasteiger partial charge is 0.0951 e. The monoisotopic (exact) mass is 165 g/mol. The van der Waals surface area contributed by atoms with Crippen LogP contribution in [0.1, 0.15) is 31.0 Å². The minimum Gasteiger partial charge on any atom is -0.334 e. The van der Waals surface area contributed by atoms with Crippen LogP contribution < -0.4 is 5.73 Å². The van der Waals surface area contributed by atoms with E-state index < -0.39 is 0 Å². The number of hydrogen-bond donors (Lipinski definition) is 1. The van der Waals surface area contributed by atoms with Crippen LogP contribution in [0.5, 0.6) is 0 Å². The molecule has 0 bridgehead atoms. The molecule has 12 heavy (non-hydrogen) atoms. The molecule has 2 N–H and O–H groups in total. The second kappa shape index (κ2) is 3.27. The quantitative estimate of drug-likeness (QED) is 0.729. The van der Waals surface area contributed by atoms with Crippen LogP contribution in [0.15, 0.2) is 12.5 Å². The fourth-order valence-electron chi connectivity index (χ4n) is 1.54. The molecule has 3 heteroatoms. The van der Waals surface area contributed by atoms with Gasteiger partial charge >= 0.3 is 0 Å². The summed E-state index contributed by atoms with van der Waals surface area (Å²) in [5, 5.41) is 0. The summed E-state index contributed by atoms with van der Waals surface area (Å²) >= 11 is 0. The van der Waals surface area contributed by atoms with Crippen molar-refractivity contribution in [2.24, 2.45) is 5.73 Å². The number of imidazole rings is 1. The maximum Gasteiger partial charge on any atom is 0.0951 e. The van der Waals surface area contributed by atoms with E-state index in [-0.39, 0.29) is 0 Å². The van der Waals surface area contributed by atoms with Crippen LogP contribution in [-0.2, 0) is 6.42 Å². The Balaban J connectivity index is 2.02. The Morgan fingerprint density at radius 1 is 1.58 bits per heavy atom. The normalized spacial score (nSPS) is 17.8. The Hall–Kier alpha value is -0.830. The van der Waals surface area contributed by atoms with Gasteiger partial charge in [-0.2, -0.15) is 0 Å². The lowest BCUT2D eigenvalue weighted by Crippen LogP contribution is -2.15. The van der Waals surface area contributed by atoms with Crippen LogP contribution in [0.2, 0.25) is 0 Å². The van der Waals surface area contributed by atoms with E-state index >= 15 is 0 Å². The van der Waals surface area contributed by atoms with Gasteiger partial charge in [-0.1, -0.05) is 0 Å². The van der Waals surface area contributed by atoms with Gasteiger partial charge in [0.25, 0.3) is 0 Å². The average Bonchev–Trinajstić information content (AvgIpc) is 2.34. The third-order valence-electron chi connectivity index (χ3n) is 2.55. The molecule has 0 aliphatic heterocycles. The van der Waals surface area contributed by atoms with E-state index in [2.05, 4.69) is 15.7 Å². The fourth-order valence-corrected chi connectivity index (χ4v) is 1.54. The minimum absolute atomic E-state index is 0.696. The summed E-state index contributed by atoms with van der Waals surface area (Å²) in [7, 11) is 0. The molecule has 2 rings (SSSR count). The van der Waals surface area contributed by atoms with Crippen LogP contribution in [-0.4, -0.2) is 16.1 Å². The maximum absolute atomic E-state index is 5.44. The first kappa shape index (κ1) is 7.80. The van der Waals surface area contributed by atoms with Gasteiger partial charge in [-0.05, 0) is 25.8 Å². The highest BCUT2D eigenvalue weighted by molar-refractivity contribution is 4.99. The van der Waals surface area contributed by atoms with Crippen molar-refractivity contribution in [3.63, 3.8) is 0 Å². The SMILES string of the molecule is NCCc1cn(C2CCC2)cn1. The molecule has 0 aromatic carbocycles. The van der Waals surface area contributed by atoms with Gasteiger partial charge in [-0.25, -0.2) is 4.98 Å². The van der Waals surface area contributed by atoms with Crippen LogP contribution in [0, 0.1) is 0 Å². The molecule has 1 fully saturated rings. The Kier molecular flexibility index (Phi) is 2.13. The Bertz CT molecular complexity index is 250. The molecule has 0 spiro atoms. The molecule has 1 heterocycles. The summed E-state index contributed by atoms with van der Waals surface area (Å²) in [6, 6.07) is 0.726. The van der Waals surface area contributed by atoms with Crippen molar-refractivity contribution in [2.75, 3.05) is 6.54 Å². The van der Waals surface area contributed by atoms with Gasteiger partial charge < -0.3 is 10.3 Å². The lowest BCUT2D eigenvalue weighted by molar-refractivity contribution is 0.313. The second-order valence-corrected chi connectivity index (χ2v) is 3.44. The van der Waals surface area contributed by atoms with E-state index in [1.54, 1.807) is 0 Å². The van der Waals surface area contributed by atoms with E-state index in [0.717, 1.165) is 18.2 Å². The molecular weight excluding hydrogens is 150 g/mol. The van der Waals surface area contributed by atoms with Crippen molar-refractivity contribution in [3.8, 4) is 0 Å². The molecule has 66 valence electrons. The van der Waals surface area contributed by atoms with E-state index in [0.29, 0.717) is 6.54 Å². The van der Waals surface area contributed by atoms with Crippen molar-refractivity contribution in [1.29, 1.82) is 0 Å². The number of hydrogen-bond acceptors (Lipinski definition) is 2. The summed E-state index contributed by atoms with van der Waals surface area (Å²) in [5.74, 6) is 0. The van der Waals surface area contributed by atoms with Crippen molar-refractivity contribution in [2.45, 2.75) is 31.7 Å². The van der Waals surface area contributed by atoms with E-state index in [4.69, 9.17) is 5.73 Å². The zero-order valence-corrected chi connectivity index (χ0v) is 7.24. The molecule has 0 amide bonds. The summed E-state index contributed by atoms with van der Waals surface area (Å²) in [5.41, 5.74) is 6.57. The molecule has 1 aliphatic carbocycles. The molecular formula is C9H15N3. The van der Waals surface area contributed by atoms with E-state index in [9.17, 15) is 0 Å². The van der Waals surface area contributed by atoms with Crippen molar-refractivity contribution >= 4 is 0 Å². The number of rotatable bonds is 3. The van der Waals surface area contributed by atoms with Crippen LogP contribution in [0.25, 0.3) is 0 Å².